The largest absolute Gasteiger partial charge is 0.315 e. The third kappa shape index (κ3) is 3.13. The van der Waals surface area contributed by atoms with E-state index in [0.29, 0.717) is 5.92 Å². The molecule has 0 N–H and O–H groups in total. The van der Waals surface area contributed by atoms with Crippen LogP contribution in [0.2, 0.25) is 0 Å². The molecule has 0 amide bonds. The number of anilines is 5. The lowest BCUT2D eigenvalue weighted by atomic mass is 9.33. The Kier molecular flexibility index (Phi) is 4.98. The molecule has 1 atom stereocenters. The molecule has 0 bridgehead atoms. The van der Waals surface area contributed by atoms with E-state index in [2.05, 4.69) is 135 Å². The second-order valence-electron chi connectivity index (χ2n) is 10.8. The number of nitrogens with zero attached hydrogens (tertiary/aromatic N) is 2. The van der Waals surface area contributed by atoms with Crippen LogP contribution in [0.5, 0.6) is 0 Å². The maximum absolute atomic E-state index is 2.57. The van der Waals surface area contributed by atoms with Crippen molar-refractivity contribution >= 4 is 51.5 Å². The van der Waals surface area contributed by atoms with E-state index in [-0.39, 0.29) is 6.71 Å². The van der Waals surface area contributed by atoms with Crippen LogP contribution in [0.25, 0.3) is 0 Å². The SMILES string of the molecule is CC1=C(N2c3ccccc3B3c4ccccc4N(c4c(C)cccc4C)c4cccc2c43)C(C)CC=C1. The van der Waals surface area contributed by atoms with Crippen LogP contribution < -0.4 is 26.2 Å². The van der Waals surface area contributed by atoms with Gasteiger partial charge in [-0.15, -0.1) is 0 Å². The van der Waals surface area contributed by atoms with Crippen LogP contribution in [0, 0.1) is 19.8 Å². The maximum Gasteiger partial charge on any atom is 0.252 e. The van der Waals surface area contributed by atoms with Crippen molar-refractivity contribution in [3.63, 3.8) is 0 Å². The summed E-state index contributed by atoms with van der Waals surface area (Å²) in [5.74, 6) is 0.455. The van der Waals surface area contributed by atoms with E-state index in [1.54, 1.807) is 0 Å². The quantitative estimate of drug-likeness (QED) is 0.254. The summed E-state index contributed by atoms with van der Waals surface area (Å²) in [4.78, 5) is 5.10. The highest BCUT2D eigenvalue weighted by Gasteiger charge is 2.44. The first-order valence-corrected chi connectivity index (χ1v) is 13.4. The molecule has 0 fully saturated rings. The molecule has 0 spiro atoms. The summed E-state index contributed by atoms with van der Waals surface area (Å²) < 4.78 is 0. The molecule has 180 valence electrons. The summed E-state index contributed by atoms with van der Waals surface area (Å²) in [6, 6.07) is 31.6. The minimum absolute atomic E-state index is 0.200. The van der Waals surface area contributed by atoms with Gasteiger partial charge in [0.15, 0.2) is 0 Å². The van der Waals surface area contributed by atoms with Gasteiger partial charge in [-0.3, -0.25) is 0 Å². The molecule has 1 unspecified atom stereocenters. The van der Waals surface area contributed by atoms with E-state index in [1.807, 2.05) is 0 Å². The Labute approximate surface area is 220 Å². The summed E-state index contributed by atoms with van der Waals surface area (Å²) in [6.07, 6.45) is 5.69. The minimum Gasteiger partial charge on any atom is -0.315 e. The molecule has 1 aliphatic carbocycles. The molecule has 4 aromatic rings. The topological polar surface area (TPSA) is 6.48 Å². The van der Waals surface area contributed by atoms with Crippen LogP contribution in [-0.2, 0) is 0 Å². The van der Waals surface area contributed by atoms with Crippen LogP contribution in [0.4, 0.5) is 28.4 Å². The van der Waals surface area contributed by atoms with Crippen LogP contribution >= 0.6 is 0 Å². The number of fused-ring (bicyclic) bond motifs is 4. The average molecular weight is 478 g/mol. The maximum atomic E-state index is 2.57. The third-order valence-electron chi connectivity index (χ3n) is 8.44. The first-order valence-electron chi connectivity index (χ1n) is 13.4. The zero-order chi connectivity index (χ0) is 25.3. The Morgan fingerprint density at radius 3 is 1.84 bits per heavy atom. The fourth-order valence-electron chi connectivity index (χ4n) is 6.93. The number of rotatable bonds is 2. The number of hydrogen-bond donors (Lipinski definition) is 0. The Hall–Kier alpha value is -3.98. The zero-order valence-electron chi connectivity index (χ0n) is 22.0. The molecule has 3 aliphatic rings. The number of aryl methyl sites for hydroxylation is 2. The van der Waals surface area contributed by atoms with Gasteiger partial charge in [0.1, 0.15) is 0 Å². The second kappa shape index (κ2) is 8.28. The smallest absolute Gasteiger partial charge is 0.252 e. The molecule has 2 heterocycles. The van der Waals surface area contributed by atoms with Crippen molar-refractivity contribution in [1.82, 2.24) is 0 Å². The van der Waals surface area contributed by atoms with Gasteiger partial charge >= 0.3 is 0 Å². The van der Waals surface area contributed by atoms with Crippen molar-refractivity contribution in [1.29, 1.82) is 0 Å². The Morgan fingerprint density at radius 2 is 1.19 bits per heavy atom. The highest BCUT2D eigenvalue weighted by molar-refractivity contribution is 7.00. The number of para-hydroxylation sites is 3. The lowest BCUT2D eigenvalue weighted by molar-refractivity contribution is 0.661. The number of allylic oxidation sites excluding steroid dienone is 4. The minimum atomic E-state index is 0.200. The van der Waals surface area contributed by atoms with Crippen LogP contribution in [0.15, 0.2) is 108 Å². The first kappa shape index (κ1) is 22.2. The van der Waals surface area contributed by atoms with Crippen molar-refractivity contribution in [3.8, 4) is 0 Å². The number of benzene rings is 4. The standard InChI is InChI=1S/C34H31BN2/c1-22-12-9-13-23(2)33(22)36-28-18-7-5-16-26(28)35-27-17-6-8-19-29(27)37(31-21-11-20-30(36)32(31)35)34-24(3)14-10-15-25(34)4/h5-14,16-21,25H,15H2,1-4H3. The van der Waals surface area contributed by atoms with E-state index < -0.39 is 0 Å². The summed E-state index contributed by atoms with van der Waals surface area (Å²) in [5, 5.41) is 0. The molecule has 2 aliphatic heterocycles. The van der Waals surface area contributed by atoms with Gasteiger partial charge < -0.3 is 9.80 Å². The first-order chi connectivity index (χ1) is 18.1. The summed E-state index contributed by atoms with van der Waals surface area (Å²) >= 11 is 0. The molecule has 0 saturated heterocycles. The third-order valence-corrected chi connectivity index (χ3v) is 8.44. The highest BCUT2D eigenvalue weighted by Crippen LogP contribution is 2.45. The molecule has 0 aromatic heterocycles. The zero-order valence-corrected chi connectivity index (χ0v) is 22.0. The predicted molar refractivity (Wildman–Crippen MR) is 159 cm³/mol. The Morgan fingerprint density at radius 1 is 0.649 bits per heavy atom. The summed E-state index contributed by atoms with van der Waals surface area (Å²) in [5.41, 5.74) is 16.0. The van der Waals surface area contributed by atoms with E-state index in [9.17, 15) is 0 Å². The van der Waals surface area contributed by atoms with Crippen LogP contribution in [-0.4, -0.2) is 6.71 Å². The number of hydrogen-bond acceptors (Lipinski definition) is 2. The van der Waals surface area contributed by atoms with Crippen LogP contribution in [0.3, 0.4) is 0 Å². The molecule has 7 rings (SSSR count). The Bertz CT molecular complexity index is 1610. The highest BCUT2D eigenvalue weighted by atomic mass is 15.2. The van der Waals surface area contributed by atoms with Crippen molar-refractivity contribution in [3.05, 3.63) is 119 Å². The van der Waals surface area contributed by atoms with Gasteiger partial charge in [0.25, 0.3) is 6.71 Å². The van der Waals surface area contributed by atoms with E-state index in [4.69, 9.17) is 0 Å². The Balaban J connectivity index is 1.59. The molecule has 0 saturated carbocycles. The van der Waals surface area contributed by atoms with Gasteiger partial charge in [-0.05, 0) is 84.5 Å². The average Bonchev–Trinajstić information content (AvgIpc) is 2.90. The molecular weight excluding hydrogens is 447 g/mol. The van der Waals surface area contributed by atoms with Crippen molar-refractivity contribution in [2.75, 3.05) is 9.80 Å². The van der Waals surface area contributed by atoms with E-state index >= 15 is 0 Å². The molecule has 37 heavy (non-hydrogen) atoms. The van der Waals surface area contributed by atoms with Gasteiger partial charge in [-0.25, -0.2) is 0 Å². The van der Waals surface area contributed by atoms with E-state index in [1.165, 1.54) is 67.2 Å². The monoisotopic (exact) mass is 478 g/mol. The fourth-order valence-corrected chi connectivity index (χ4v) is 6.93. The van der Waals surface area contributed by atoms with E-state index in [0.717, 1.165) is 6.42 Å². The normalized spacial score (nSPS) is 17.5. The molecule has 0 radical (unpaired) electrons. The van der Waals surface area contributed by atoms with Crippen molar-refractivity contribution in [2.45, 2.75) is 34.1 Å². The lowest BCUT2D eigenvalue weighted by Gasteiger charge is -2.46. The second-order valence-corrected chi connectivity index (χ2v) is 10.8. The summed E-state index contributed by atoms with van der Waals surface area (Å²) in [7, 11) is 0. The van der Waals surface area contributed by atoms with Gasteiger partial charge in [0, 0.05) is 34.4 Å². The van der Waals surface area contributed by atoms with Crippen molar-refractivity contribution in [2.24, 2.45) is 5.92 Å². The fraction of sp³-hybridized carbons (Fsp3) is 0.176. The predicted octanol–water partition coefficient (Wildman–Crippen LogP) is 6.92. The van der Waals surface area contributed by atoms with Crippen LogP contribution in [0.1, 0.15) is 31.4 Å². The van der Waals surface area contributed by atoms with Gasteiger partial charge in [-0.1, -0.05) is 79.7 Å². The van der Waals surface area contributed by atoms with Gasteiger partial charge in [-0.2, -0.15) is 0 Å². The van der Waals surface area contributed by atoms with Gasteiger partial charge in [0.05, 0.1) is 5.69 Å². The van der Waals surface area contributed by atoms with Crippen molar-refractivity contribution < 1.29 is 0 Å². The molecule has 3 heteroatoms. The molecule has 2 nitrogen and oxygen atoms in total. The molecular formula is C34H31BN2. The summed E-state index contributed by atoms with van der Waals surface area (Å²) in [6.45, 7) is 9.30. The van der Waals surface area contributed by atoms with Gasteiger partial charge in [0.2, 0.25) is 0 Å². The molecule has 4 aromatic carbocycles. The lowest BCUT2D eigenvalue weighted by Crippen LogP contribution is -2.62.